The molecule has 0 saturated carbocycles. The van der Waals surface area contributed by atoms with E-state index >= 15 is 0 Å². The van der Waals surface area contributed by atoms with Gasteiger partial charge in [-0.25, -0.2) is 4.99 Å². The zero-order chi connectivity index (χ0) is 16.9. The van der Waals surface area contributed by atoms with Crippen molar-refractivity contribution in [3.8, 4) is 11.5 Å². The van der Waals surface area contributed by atoms with Crippen LogP contribution in [-0.4, -0.2) is 44.7 Å². The smallest absolute Gasteiger partial charge is 0.194 e. The molecule has 1 saturated heterocycles. The highest BCUT2D eigenvalue weighted by molar-refractivity contribution is 14.0. The summed E-state index contributed by atoms with van der Waals surface area (Å²) in [5.41, 5.74) is 1.47. The third-order valence-corrected chi connectivity index (χ3v) is 4.17. The van der Waals surface area contributed by atoms with Gasteiger partial charge in [0, 0.05) is 19.6 Å². The fourth-order valence-corrected chi connectivity index (χ4v) is 2.86. The van der Waals surface area contributed by atoms with Gasteiger partial charge in [0.2, 0.25) is 0 Å². The number of ether oxygens (including phenoxy) is 2. The summed E-state index contributed by atoms with van der Waals surface area (Å²) >= 11 is 0. The maximum absolute atomic E-state index is 5.36. The molecule has 0 aliphatic carbocycles. The fourth-order valence-electron chi connectivity index (χ4n) is 2.86. The molecule has 1 aliphatic heterocycles. The number of aliphatic imine (C=N–C) groups is 1. The van der Waals surface area contributed by atoms with E-state index in [0.29, 0.717) is 12.0 Å². The minimum Gasteiger partial charge on any atom is -0.493 e. The maximum atomic E-state index is 5.36. The third-order valence-electron chi connectivity index (χ3n) is 4.17. The molecule has 5 nitrogen and oxygen atoms in total. The predicted molar refractivity (Wildman–Crippen MR) is 110 cm³/mol. The lowest BCUT2D eigenvalue weighted by atomic mass is 9.93. The number of hydrogen-bond donors (Lipinski definition) is 1. The van der Waals surface area contributed by atoms with Gasteiger partial charge in [-0.15, -0.1) is 24.0 Å². The number of benzene rings is 1. The van der Waals surface area contributed by atoms with E-state index in [1.165, 1.54) is 6.42 Å². The average Bonchev–Trinajstić information content (AvgIpc) is 2.91. The molecule has 0 amide bonds. The van der Waals surface area contributed by atoms with Gasteiger partial charge in [0.05, 0.1) is 20.8 Å². The van der Waals surface area contributed by atoms with Gasteiger partial charge in [0.25, 0.3) is 0 Å². The standard InChI is InChI=1S/C18H29N3O2.HI/c1-6-19-17(21-10-9-18(2,3)13-21)20-12-14-7-8-15(22-4)16(11-14)23-5;/h7-8,11H,6,9-10,12-13H2,1-5H3,(H,19,20);1H. The highest BCUT2D eigenvalue weighted by Gasteiger charge is 2.30. The van der Waals surface area contributed by atoms with Crippen molar-refractivity contribution in [2.24, 2.45) is 10.4 Å². The summed E-state index contributed by atoms with van der Waals surface area (Å²) in [7, 11) is 3.30. The average molecular weight is 447 g/mol. The van der Waals surface area contributed by atoms with E-state index in [-0.39, 0.29) is 24.0 Å². The first kappa shape index (κ1) is 20.9. The van der Waals surface area contributed by atoms with E-state index in [9.17, 15) is 0 Å². The van der Waals surface area contributed by atoms with Crippen LogP contribution in [0.4, 0.5) is 0 Å². The third kappa shape index (κ3) is 5.43. The summed E-state index contributed by atoms with van der Waals surface area (Å²) in [6.07, 6.45) is 1.20. The van der Waals surface area contributed by atoms with E-state index in [4.69, 9.17) is 14.5 Å². The number of guanidine groups is 1. The van der Waals surface area contributed by atoms with E-state index in [0.717, 1.165) is 42.7 Å². The van der Waals surface area contributed by atoms with Crippen molar-refractivity contribution in [1.82, 2.24) is 10.2 Å². The van der Waals surface area contributed by atoms with E-state index in [1.807, 2.05) is 18.2 Å². The number of rotatable bonds is 5. The summed E-state index contributed by atoms with van der Waals surface area (Å²) in [6.45, 7) is 10.3. The molecule has 0 bridgehead atoms. The van der Waals surface area contributed by atoms with Crippen LogP contribution in [0.5, 0.6) is 11.5 Å². The van der Waals surface area contributed by atoms with Crippen molar-refractivity contribution in [2.75, 3.05) is 33.9 Å². The second-order valence-corrected chi connectivity index (χ2v) is 6.70. The number of likely N-dealkylation sites (tertiary alicyclic amines) is 1. The Morgan fingerprint density at radius 3 is 2.50 bits per heavy atom. The van der Waals surface area contributed by atoms with E-state index in [1.54, 1.807) is 14.2 Å². The van der Waals surface area contributed by atoms with Crippen LogP contribution in [0.2, 0.25) is 0 Å². The van der Waals surface area contributed by atoms with Crippen LogP contribution in [0.25, 0.3) is 0 Å². The monoisotopic (exact) mass is 447 g/mol. The van der Waals surface area contributed by atoms with Crippen LogP contribution in [0.15, 0.2) is 23.2 Å². The van der Waals surface area contributed by atoms with Crippen molar-refractivity contribution in [3.63, 3.8) is 0 Å². The van der Waals surface area contributed by atoms with Crippen molar-refractivity contribution in [2.45, 2.75) is 33.7 Å². The number of hydrogen-bond acceptors (Lipinski definition) is 3. The van der Waals surface area contributed by atoms with Gasteiger partial charge < -0.3 is 19.7 Å². The first-order chi connectivity index (χ1) is 11.0. The lowest BCUT2D eigenvalue weighted by molar-refractivity contribution is 0.354. The molecular formula is C18H30IN3O2. The molecule has 6 heteroatoms. The van der Waals surface area contributed by atoms with E-state index < -0.39 is 0 Å². The first-order valence-electron chi connectivity index (χ1n) is 8.23. The Kier molecular flexibility index (Phi) is 8.12. The Labute approximate surface area is 162 Å². The molecule has 0 unspecified atom stereocenters. The van der Waals surface area contributed by atoms with Crippen molar-refractivity contribution in [1.29, 1.82) is 0 Å². The minimum atomic E-state index is 0. The molecule has 1 heterocycles. The Morgan fingerprint density at radius 2 is 1.96 bits per heavy atom. The molecule has 1 aliphatic rings. The Hall–Kier alpha value is -1.18. The molecule has 0 radical (unpaired) electrons. The molecule has 136 valence electrons. The summed E-state index contributed by atoms with van der Waals surface area (Å²) in [5.74, 6) is 2.48. The van der Waals surface area contributed by atoms with Crippen LogP contribution < -0.4 is 14.8 Å². The lowest BCUT2D eigenvalue weighted by Gasteiger charge is -2.23. The normalized spacial score (nSPS) is 16.5. The minimum absolute atomic E-state index is 0. The van der Waals surface area contributed by atoms with Gasteiger partial charge in [0.1, 0.15) is 0 Å². The molecule has 24 heavy (non-hydrogen) atoms. The maximum Gasteiger partial charge on any atom is 0.194 e. The van der Waals surface area contributed by atoms with Crippen LogP contribution in [0.1, 0.15) is 32.8 Å². The van der Waals surface area contributed by atoms with Crippen molar-refractivity contribution < 1.29 is 9.47 Å². The summed E-state index contributed by atoms with van der Waals surface area (Å²) in [6, 6.07) is 5.94. The summed E-state index contributed by atoms with van der Waals surface area (Å²) < 4.78 is 10.6. The molecule has 1 aromatic carbocycles. The van der Waals surface area contributed by atoms with Gasteiger partial charge in [-0.2, -0.15) is 0 Å². The number of nitrogens with one attached hydrogen (secondary N) is 1. The highest BCUT2D eigenvalue weighted by Crippen LogP contribution is 2.29. The highest BCUT2D eigenvalue weighted by atomic mass is 127. The van der Waals surface area contributed by atoms with Crippen molar-refractivity contribution in [3.05, 3.63) is 23.8 Å². The Bertz CT molecular complexity index is 561. The predicted octanol–water partition coefficient (Wildman–Crippen LogP) is 3.52. The summed E-state index contributed by atoms with van der Waals surface area (Å²) in [5, 5.41) is 3.40. The largest absolute Gasteiger partial charge is 0.493 e. The van der Waals surface area contributed by atoms with Gasteiger partial charge in [-0.3, -0.25) is 0 Å². The summed E-state index contributed by atoms with van der Waals surface area (Å²) in [4.78, 5) is 7.15. The molecule has 1 fully saturated rings. The topological polar surface area (TPSA) is 46.1 Å². The molecule has 0 aromatic heterocycles. The Morgan fingerprint density at radius 1 is 1.25 bits per heavy atom. The molecular weight excluding hydrogens is 417 g/mol. The van der Waals surface area contributed by atoms with Crippen LogP contribution >= 0.6 is 24.0 Å². The fraction of sp³-hybridized carbons (Fsp3) is 0.611. The Balaban J connectivity index is 0.00000288. The number of nitrogens with zero attached hydrogens (tertiary/aromatic N) is 2. The molecule has 0 spiro atoms. The number of halogens is 1. The van der Waals surface area contributed by atoms with Gasteiger partial charge in [-0.05, 0) is 36.5 Å². The first-order valence-corrected chi connectivity index (χ1v) is 8.23. The quantitative estimate of drug-likeness (QED) is 0.426. The van der Waals surface area contributed by atoms with Crippen LogP contribution in [0, 0.1) is 5.41 Å². The molecule has 2 rings (SSSR count). The zero-order valence-corrected chi connectivity index (χ0v) is 17.7. The van der Waals surface area contributed by atoms with Gasteiger partial charge in [-0.1, -0.05) is 19.9 Å². The van der Waals surface area contributed by atoms with Crippen LogP contribution in [0.3, 0.4) is 0 Å². The SMILES string of the molecule is CCNC(=NCc1ccc(OC)c(OC)c1)N1CCC(C)(C)C1.I. The second kappa shape index (κ2) is 9.34. The zero-order valence-electron chi connectivity index (χ0n) is 15.4. The van der Waals surface area contributed by atoms with E-state index in [2.05, 4.69) is 31.0 Å². The van der Waals surface area contributed by atoms with Gasteiger partial charge >= 0.3 is 0 Å². The number of methoxy groups -OCH3 is 2. The molecule has 1 N–H and O–H groups in total. The molecule has 0 atom stereocenters. The van der Waals surface area contributed by atoms with Crippen LogP contribution in [-0.2, 0) is 6.54 Å². The van der Waals surface area contributed by atoms with Gasteiger partial charge in [0.15, 0.2) is 17.5 Å². The lowest BCUT2D eigenvalue weighted by Crippen LogP contribution is -2.40. The molecule has 1 aromatic rings. The van der Waals surface area contributed by atoms with Crippen molar-refractivity contribution >= 4 is 29.9 Å². The second-order valence-electron chi connectivity index (χ2n) is 6.70.